The van der Waals surface area contributed by atoms with Crippen LogP contribution in [0.2, 0.25) is 0 Å². The molecule has 6 heteroatoms. The molecule has 0 radical (unpaired) electrons. The normalized spacial score (nSPS) is 19.4. The summed E-state index contributed by atoms with van der Waals surface area (Å²) in [7, 11) is 0. The van der Waals surface area contributed by atoms with Gasteiger partial charge in [-0.15, -0.1) is 10.2 Å². The fraction of sp³-hybridized carbons (Fsp3) is 0.750. The topological polar surface area (TPSA) is 55.0 Å². The third-order valence-corrected chi connectivity index (χ3v) is 3.94. The molecule has 1 aromatic rings. The van der Waals surface area contributed by atoms with Gasteiger partial charge in [0.2, 0.25) is 5.13 Å². The van der Waals surface area contributed by atoms with Gasteiger partial charge in [-0.1, -0.05) is 11.3 Å². The Balaban J connectivity index is 1.89. The number of anilines is 1. The molecule has 2 rings (SSSR count). The van der Waals surface area contributed by atoms with Gasteiger partial charge in [0.05, 0.1) is 6.54 Å². The Morgan fingerprint density at radius 2 is 2.21 bits per heavy atom. The predicted octanol–water partition coefficient (Wildman–Crippen LogP) is 1.06. The van der Waals surface area contributed by atoms with Crippen LogP contribution in [0.3, 0.4) is 0 Å². The van der Waals surface area contributed by atoms with Gasteiger partial charge in [-0.25, -0.2) is 0 Å². The predicted molar refractivity (Wildman–Crippen MR) is 61.5 cm³/mol. The van der Waals surface area contributed by atoms with Crippen LogP contribution in [-0.4, -0.2) is 39.7 Å². The lowest BCUT2D eigenvalue weighted by Gasteiger charge is -2.16. The zero-order chi connectivity index (χ0) is 9.80. The number of nitrogens with zero attached hydrogens (tertiary/aromatic N) is 3. The molecule has 14 heavy (non-hydrogen) atoms. The Morgan fingerprint density at radius 3 is 3.00 bits per heavy atom. The van der Waals surface area contributed by atoms with Crippen molar-refractivity contribution < 1.29 is 0 Å². The summed E-state index contributed by atoms with van der Waals surface area (Å²) in [6.45, 7) is 3.24. The number of rotatable bonds is 2. The maximum absolute atomic E-state index is 5.54. The van der Waals surface area contributed by atoms with Crippen molar-refractivity contribution in [2.24, 2.45) is 0 Å². The average molecular weight is 230 g/mol. The SMILES string of the molecule is Nc1nnc(CN2CCCSCC2)s1. The molecular weight excluding hydrogens is 216 g/mol. The van der Waals surface area contributed by atoms with Crippen molar-refractivity contribution >= 4 is 28.2 Å². The van der Waals surface area contributed by atoms with Gasteiger partial charge in [-0.2, -0.15) is 11.8 Å². The van der Waals surface area contributed by atoms with Gasteiger partial charge in [0, 0.05) is 12.3 Å². The summed E-state index contributed by atoms with van der Waals surface area (Å²) in [4.78, 5) is 2.43. The molecule has 1 aliphatic heterocycles. The van der Waals surface area contributed by atoms with Gasteiger partial charge in [0.15, 0.2) is 0 Å². The van der Waals surface area contributed by atoms with Crippen LogP contribution in [0.15, 0.2) is 0 Å². The molecule has 1 fully saturated rings. The quantitative estimate of drug-likeness (QED) is 0.823. The fourth-order valence-corrected chi connectivity index (χ4v) is 3.05. The Hall–Kier alpha value is -0.330. The van der Waals surface area contributed by atoms with E-state index in [0.717, 1.165) is 18.1 Å². The minimum absolute atomic E-state index is 0.573. The zero-order valence-electron chi connectivity index (χ0n) is 7.98. The van der Waals surface area contributed by atoms with E-state index in [-0.39, 0.29) is 0 Å². The highest BCUT2D eigenvalue weighted by atomic mass is 32.2. The van der Waals surface area contributed by atoms with E-state index in [9.17, 15) is 0 Å². The molecule has 78 valence electrons. The smallest absolute Gasteiger partial charge is 0.203 e. The molecule has 2 N–H and O–H groups in total. The van der Waals surface area contributed by atoms with Crippen molar-refractivity contribution in [3.8, 4) is 0 Å². The second-order valence-electron chi connectivity index (χ2n) is 3.28. The van der Waals surface area contributed by atoms with Crippen molar-refractivity contribution in [3.05, 3.63) is 5.01 Å². The summed E-state index contributed by atoms with van der Waals surface area (Å²) in [5, 5.41) is 9.47. The van der Waals surface area contributed by atoms with Crippen molar-refractivity contribution in [1.82, 2.24) is 15.1 Å². The molecule has 0 spiro atoms. The van der Waals surface area contributed by atoms with E-state index in [2.05, 4.69) is 15.1 Å². The number of hydrogen-bond acceptors (Lipinski definition) is 6. The monoisotopic (exact) mass is 230 g/mol. The maximum atomic E-state index is 5.54. The summed E-state index contributed by atoms with van der Waals surface area (Å²) in [6, 6.07) is 0. The third-order valence-electron chi connectivity index (χ3n) is 2.16. The van der Waals surface area contributed by atoms with Crippen molar-refractivity contribution in [2.75, 3.05) is 30.3 Å². The summed E-state index contributed by atoms with van der Waals surface area (Å²) in [5.41, 5.74) is 5.54. The van der Waals surface area contributed by atoms with E-state index >= 15 is 0 Å². The third kappa shape index (κ3) is 2.83. The molecule has 0 unspecified atom stereocenters. The van der Waals surface area contributed by atoms with E-state index in [1.807, 2.05) is 11.8 Å². The molecule has 0 aromatic carbocycles. The van der Waals surface area contributed by atoms with E-state index in [1.54, 1.807) is 0 Å². The van der Waals surface area contributed by atoms with E-state index < -0.39 is 0 Å². The molecule has 4 nitrogen and oxygen atoms in total. The second kappa shape index (κ2) is 4.95. The molecular formula is C8H14N4S2. The summed E-state index contributed by atoms with van der Waals surface area (Å²) >= 11 is 3.53. The number of aromatic nitrogens is 2. The molecule has 2 heterocycles. The number of nitrogen functional groups attached to an aromatic ring is 1. The Morgan fingerprint density at radius 1 is 1.29 bits per heavy atom. The van der Waals surface area contributed by atoms with Gasteiger partial charge in [-0.05, 0) is 18.7 Å². The molecule has 1 saturated heterocycles. The summed E-state index contributed by atoms with van der Waals surface area (Å²) in [5.74, 6) is 2.52. The number of nitrogens with two attached hydrogens (primary N) is 1. The van der Waals surface area contributed by atoms with Gasteiger partial charge in [0.25, 0.3) is 0 Å². The average Bonchev–Trinajstić information content (AvgIpc) is 2.43. The second-order valence-corrected chi connectivity index (χ2v) is 5.59. The molecule has 1 aromatic heterocycles. The van der Waals surface area contributed by atoms with E-state index in [0.29, 0.717) is 5.13 Å². The lowest BCUT2D eigenvalue weighted by molar-refractivity contribution is 0.286. The minimum Gasteiger partial charge on any atom is -0.374 e. The first-order chi connectivity index (χ1) is 6.84. The first kappa shape index (κ1) is 10.2. The molecule has 1 aliphatic rings. The summed E-state index contributed by atoms with van der Waals surface area (Å²) in [6.07, 6.45) is 1.28. The van der Waals surface area contributed by atoms with Gasteiger partial charge in [0.1, 0.15) is 5.01 Å². The van der Waals surface area contributed by atoms with E-state index in [4.69, 9.17) is 5.73 Å². The minimum atomic E-state index is 0.573. The lowest BCUT2D eigenvalue weighted by Crippen LogP contribution is -2.25. The highest BCUT2D eigenvalue weighted by Crippen LogP contribution is 2.16. The van der Waals surface area contributed by atoms with Gasteiger partial charge < -0.3 is 5.73 Å². The maximum Gasteiger partial charge on any atom is 0.203 e. The van der Waals surface area contributed by atoms with Gasteiger partial charge in [-0.3, -0.25) is 4.90 Å². The van der Waals surface area contributed by atoms with Crippen LogP contribution in [0.5, 0.6) is 0 Å². The Labute approximate surface area is 91.9 Å². The van der Waals surface area contributed by atoms with Crippen LogP contribution in [-0.2, 0) is 6.54 Å². The molecule has 0 aliphatic carbocycles. The molecule has 0 bridgehead atoms. The Kier molecular flexibility index (Phi) is 3.61. The largest absolute Gasteiger partial charge is 0.374 e. The van der Waals surface area contributed by atoms with Crippen LogP contribution in [0, 0.1) is 0 Å². The lowest BCUT2D eigenvalue weighted by atomic mass is 10.4. The van der Waals surface area contributed by atoms with Crippen molar-refractivity contribution in [2.45, 2.75) is 13.0 Å². The van der Waals surface area contributed by atoms with Crippen LogP contribution in [0.1, 0.15) is 11.4 Å². The fourth-order valence-electron chi connectivity index (χ4n) is 1.48. The number of hydrogen-bond donors (Lipinski definition) is 1. The highest BCUT2D eigenvalue weighted by molar-refractivity contribution is 7.99. The summed E-state index contributed by atoms with van der Waals surface area (Å²) < 4.78 is 0. The van der Waals surface area contributed by atoms with Crippen LogP contribution in [0.25, 0.3) is 0 Å². The standard InChI is InChI=1S/C8H14N4S2/c9-8-11-10-7(14-8)6-12-2-1-4-13-5-3-12/h1-6H2,(H2,9,11). The van der Waals surface area contributed by atoms with Crippen molar-refractivity contribution in [1.29, 1.82) is 0 Å². The van der Waals surface area contributed by atoms with Crippen LogP contribution >= 0.6 is 23.1 Å². The van der Waals surface area contributed by atoms with Crippen molar-refractivity contribution in [3.63, 3.8) is 0 Å². The van der Waals surface area contributed by atoms with E-state index in [1.165, 1.54) is 35.8 Å². The van der Waals surface area contributed by atoms with Crippen LogP contribution in [0.4, 0.5) is 5.13 Å². The number of thioether (sulfide) groups is 1. The zero-order valence-corrected chi connectivity index (χ0v) is 9.61. The molecule has 0 amide bonds. The first-order valence-corrected chi connectivity index (χ1v) is 6.69. The first-order valence-electron chi connectivity index (χ1n) is 4.72. The molecule has 0 saturated carbocycles. The highest BCUT2D eigenvalue weighted by Gasteiger charge is 2.11. The molecule has 0 atom stereocenters. The van der Waals surface area contributed by atoms with Crippen LogP contribution < -0.4 is 5.73 Å². The Bertz CT molecular complexity index is 281. The van der Waals surface area contributed by atoms with Gasteiger partial charge >= 0.3 is 0 Å².